The lowest BCUT2D eigenvalue weighted by Gasteiger charge is -2.19. The molecule has 5 heteroatoms. The van der Waals surface area contributed by atoms with Gasteiger partial charge in [0.25, 0.3) is 0 Å². The van der Waals surface area contributed by atoms with E-state index in [2.05, 4.69) is 5.10 Å². The highest BCUT2D eigenvalue weighted by Crippen LogP contribution is 2.28. The summed E-state index contributed by atoms with van der Waals surface area (Å²) in [5.74, 6) is 0.937. The first-order valence-corrected chi connectivity index (χ1v) is 7.42. The van der Waals surface area contributed by atoms with Gasteiger partial charge in [0.2, 0.25) is 18.0 Å². The van der Waals surface area contributed by atoms with E-state index in [0.717, 1.165) is 16.9 Å². The summed E-state index contributed by atoms with van der Waals surface area (Å²) in [6.45, 7) is 3.66. The minimum Gasteiger partial charge on any atom is -0.484 e. The van der Waals surface area contributed by atoms with Crippen LogP contribution in [0.25, 0.3) is 0 Å². The zero-order chi connectivity index (χ0) is 16.2. The van der Waals surface area contributed by atoms with Crippen molar-refractivity contribution in [3.8, 4) is 5.75 Å². The van der Waals surface area contributed by atoms with Crippen LogP contribution in [0.3, 0.4) is 0 Å². The molecule has 1 heterocycles. The fourth-order valence-corrected chi connectivity index (χ4v) is 2.28. The molecule has 0 saturated carbocycles. The zero-order valence-electron chi connectivity index (χ0n) is 13.1. The second kappa shape index (κ2) is 6.52. The Morgan fingerprint density at radius 3 is 2.52 bits per heavy atom. The van der Waals surface area contributed by atoms with Crippen molar-refractivity contribution in [1.82, 2.24) is 5.01 Å². The number of hydrogen-bond donors (Lipinski definition) is 0. The lowest BCUT2D eigenvalue weighted by molar-refractivity contribution is -0.135. The number of carbonyl (C=O) groups is 1. The summed E-state index contributed by atoms with van der Waals surface area (Å²) in [6, 6.07) is 17.3. The number of nitrogens with zero attached hydrogens (tertiary/aromatic N) is 2. The van der Waals surface area contributed by atoms with Gasteiger partial charge < -0.3 is 9.47 Å². The first-order valence-electron chi connectivity index (χ1n) is 7.42. The largest absolute Gasteiger partial charge is 0.484 e. The van der Waals surface area contributed by atoms with Crippen LogP contribution in [0.2, 0.25) is 0 Å². The molecule has 1 amide bonds. The van der Waals surface area contributed by atoms with Crippen LogP contribution in [0.15, 0.2) is 59.7 Å². The van der Waals surface area contributed by atoms with E-state index in [9.17, 15) is 4.79 Å². The van der Waals surface area contributed by atoms with Gasteiger partial charge in [-0.1, -0.05) is 48.0 Å². The average Bonchev–Trinajstić information content (AvgIpc) is 2.99. The predicted octanol–water partition coefficient (Wildman–Crippen LogP) is 3.26. The fourth-order valence-electron chi connectivity index (χ4n) is 2.28. The standard InChI is InChI=1S/C18H18N2O3/c1-13-8-10-15(11-9-13)18-20(14(2)21)19-17(23-18)12-22-16-6-4-3-5-7-16/h3-11,18H,12H2,1-2H3/t18-/m0/s1. The highest BCUT2D eigenvalue weighted by Gasteiger charge is 2.32. The first-order chi connectivity index (χ1) is 11.1. The van der Waals surface area contributed by atoms with Gasteiger partial charge in [-0.15, -0.1) is 5.10 Å². The van der Waals surface area contributed by atoms with Crippen molar-refractivity contribution >= 4 is 11.8 Å². The van der Waals surface area contributed by atoms with Gasteiger partial charge in [0.1, 0.15) is 5.75 Å². The molecule has 2 aromatic carbocycles. The number of rotatable bonds is 4. The quantitative estimate of drug-likeness (QED) is 0.871. The molecule has 2 aromatic rings. The van der Waals surface area contributed by atoms with Crippen LogP contribution >= 0.6 is 0 Å². The maximum Gasteiger partial charge on any atom is 0.247 e. The lowest BCUT2D eigenvalue weighted by Crippen LogP contribution is -2.25. The molecule has 0 radical (unpaired) electrons. The van der Waals surface area contributed by atoms with Crippen LogP contribution in [0, 0.1) is 6.92 Å². The van der Waals surface area contributed by atoms with Gasteiger partial charge in [0.05, 0.1) is 0 Å². The van der Waals surface area contributed by atoms with Gasteiger partial charge in [-0.25, -0.2) is 0 Å². The number of ether oxygens (including phenoxy) is 2. The van der Waals surface area contributed by atoms with Crippen LogP contribution in [0.1, 0.15) is 24.3 Å². The SMILES string of the molecule is CC(=O)N1N=C(COc2ccccc2)O[C@H]1c1ccc(C)cc1. The minimum absolute atomic E-state index is 0.176. The normalized spacial score (nSPS) is 16.7. The highest BCUT2D eigenvalue weighted by molar-refractivity contribution is 5.83. The molecule has 1 aliphatic rings. The summed E-state index contributed by atoms with van der Waals surface area (Å²) < 4.78 is 11.4. The number of amides is 1. The van der Waals surface area contributed by atoms with Crippen molar-refractivity contribution in [2.45, 2.75) is 20.1 Å². The van der Waals surface area contributed by atoms with Gasteiger partial charge in [-0.05, 0) is 19.1 Å². The third-order valence-corrected chi connectivity index (χ3v) is 3.48. The molecule has 0 N–H and O–H groups in total. The molecule has 0 spiro atoms. The molecule has 23 heavy (non-hydrogen) atoms. The topological polar surface area (TPSA) is 51.1 Å². The van der Waals surface area contributed by atoms with E-state index in [1.165, 1.54) is 11.9 Å². The molecule has 0 fully saturated rings. The summed E-state index contributed by atoms with van der Waals surface area (Å²) in [7, 11) is 0. The highest BCUT2D eigenvalue weighted by atomic mass is 16.6. The van der Waals surface area contributed by atoms with E-state index in [0.29, 0.717) is 5.90 Å². The van der Waals surface area contributed by atoms with E-state index >= 15 is 0 Å². The van der Waals surface area contributed by atoms with Crippen LogP contribution in [-0.2, 0) is 9.53 Å². The van der Waals surface area contributed by atoms with Gasteiger partial charge >= 0.3 is 0 Å². The van der Waals surface area contributed by atoms with Crippen molar-refractivity contribution in [3.05, 3.63) is 65.7 Å². The summed E-state index contributed by atoms with van der Waals surface area (Å²) in [5, 5.41) is 5.58. The molecular weight excluding hydrogens is 292 g/mol. The molecule has 0 aliphatic carbocycles. The van der Waals surface area contributed by atoms with E-state index in [1.54, 1.807) is 0 Å². The van der Waals surface area contributed by atoms with Gasteiger partial charge in [0, 0.05) is 12.5 Å². The molecule has 1 aliphatic heterocycles. The van der Waals surface area contributed by atoms with E-state index in [1.807, 2.05) is 61.5 Å². The number of aryl methyl sites for hydroxylation is 1. The number of benzene rings is 2. The van der Waals surface area contributed by atoms with Crippen LogP contribution in [-0.4, -0.2) is 23.4 Å². The Morgan fingerprint density at radius 2 is 1.87 bits per heavy atom. The van der Waals surface area contributed by atoms with Crippen LogP contribution in [0.5, 0.6) is 5.75 Å². The predicted molar refractivity (Wildman–Crippen MR) is 86.9 cm³/mol. The third kappa shape index (κ3) is 3.51. The van der Waals surface area contributed by atoms with Crippen molar-refractivity contribution in [2.24, 2.45) is 5.10 Å². The second-order valence-corrected chi connectivity index (χ2v) is 5.34. The van der Waals surface area contributed by atoms with Crippen LogP contribution < -0.4 is 4.74 Å². The maximum absolute atomic E-state index is 11.8. The van der Waals surface area contributed by atoms with Crippen molar-refractivity contribution in [1.29, 1.82) is 0 Å². The lowest BCUT2D eigenvalue weighted by atomic mass is 10.1. The smallest absolute Gasteiger partial charge is 0.247 e. The Bertz CT molecular complexity index is 711. The van der Waals surface area contributed by atoms with Crippen molar-refractivity contribution in [3.63, 3.8) is 0 Å². The summed E-state index contributed by atoms with van der Waals surface area (Å²) in [6.07, 6.45) is -0.539. The second-order valence-electron chi connectivity index (χ2n) is 5.34. The Hall–Kier alpha value is -2.82. The van der Waals surface area contributed by atoms with Crippen molar-refractivity contribution in [2.75, 3.05) is 6.61 Å². The summed E-state index contributed by atoms with van der Waals surface area (Å²) in [4.78, 5) is 11.8. The average molecular weight is 310 g/mol. The zero-order valence-corrected chi connectivity index (χ0v) is 13.1. The molecule has 0 bridgehead atoms. The van der Waals surface area contributed by atoms with E-state index in [4.69, 9.17) is 9.47 Å². The van der Waals surface area contributed by atoms with E-state index < -0.39 is 6.23 Å². The monoisotopic (exact) mass is 310 g/mol. The first kappa shape index (κ1) is 15.1. The van der Waals surface area contributed by atoms with Crippen molar-refractivity contribution < 1.29 is 14.3 Å². The summed E-state index contributed by atoms with van der Waals surface area (Å²) >= 11 is 0. The van der Waals surface area contributed by atoms with Gasteiger partial charge in [-0.3, -0.25) is 4.79 Å². The Labute approximate surface area is 135 Å². The molecule has 0 unspecified atom stereocenters. The molecule has 5 nitrogen and oxygen atoms in total. The number of hydrazone groups is 1. The summed E-state index contributed by atoms with van der Waals surface area (Å²) in [5.41, 5.74) is 2.03. The minimum atomic E-state index is -0.539. The Kier molecular flexibility index (Phi) is 4.28. The molecule has 3 rings (SSSR count). The van der Waals surface area contributed by atoms with Gasteiger partial charge in [0.15, 0.2) is 6.61 Å². The fraction of sp³-hybridized carbons (Fsp3) is 0.222. The van der Waals surface area contributed by atoms with E-state index in [-0.39, 0.29) is 12.5 Å². The molecule has 118 valence electrons. The molecule has 0 saturated heterocycles. The maximum atomic E-state index is 11.8. The van der Waals surface area contributed by atoms with Gasteiger partial charge in [-0.2, -0.15) is 5.01 Å². The third-order valence-electron chi connectivity index (χ3n) is 3.48. The molecular formula is C18H18N2O3. The number of para-hydroxylation sites is 1. The molecule has 1 atom stereocenters. The molecule has 0 aromatic heterocycles. The number of hydrogen-bond acceptors (Lipinski definition) is 4. The number of carbonyl (C=O) groups excluding carboxylic acids is 1. The van der Waals surface area contributed by atoms with Crippen LogP contribution in [0.4, 0.5) is 0 Å². The Morgan fingerprint density at radius 1 is 1.17 bits per heavy atom. The Balaban J connectivity index is 1.72.